The zero-order valence-electron chi connectivity index (χ0n) is 11.4. The molecule has 0 aromatic heterocycles. The molecule has 3 heteroatoms. The summed E-state index contributed by atoms with van der Waals surface area (Å²) in [4.78, 5) is 0. The first kappa shape index (κ1) is 14.7. The highest BCUT2D eigenvalue weighted by molar-refractivity contribution is 5.32. The van der Waals surface area contributed by atoms with Gasteiger partial charge >= 0.3 is 0 Å². The van der Waals surface area contributed by atoms with Gasteiger partial charge in [-0.25, -0.2) is 0 Å². The molecule has 0 aliphatic carbocycles. The Morgan fingerprint density at radius 3 is 2.78 bits per heavy atom. The van der Waals surface area contributed by atoms with Crippen LogP contribution in [0.4, 0.5) is 0 Å². The van der Waals surface area contributed by atoms with Crippen molar-refractivity contribution >= 4 is 0 Å². The number of benzene rings is 1. The van der Waals surface area contributed by atoms with Crippen molar-refractivity contribution < 1.29 is 4.74 Å². The van der Waals surface area contributed by atoms with Crippen molar-refractivity contribution in [1.29, 1.82) is 5.26 Å². The molecule has 1 unspecified atom stereocenters. The van der Waals surface area contributed by atoms with Crippen molar-refractivity contribution in [3.8, 4) is 6.07 Å². The van der Waals surface area contributed by atoms with Crippen LogP contribution in [0.2, 0.25) is 0 Å². The minimum absolute atomic E-state index is 0.343. The molecule has 1 rings (SSSR count). The third-order valence-electron chi connectivity index (χ3n) is 2.93. The van der Waals surface area contributed by atoms with Gasteiger partial charge < -0.3 is 10.1 Å². The molecule has 1 N–H and O–H groups in total. The van der Waals surface area contributed by atoms with Crippen LogP contribution < -0.4 is 5.32 Å². The van der Waals surface area contributed by atoms with Crippen LogP contribution >= 0.6 is 0 Å². The van der Waals surface area contributed by atoms with Gasteiger partial charge in [-0.1, -0.05) is 26.0 Å². The van der Waals surface area contributed by atoms with E-state index in [1.54, 1.807) is 0 Å². The second-order valence-corrected chi connectivity index (χ2v) is 4.70. The smallest absolute Gasteiger partial charge is 0.0991 e. The molecular formula is C15H22N2O. The molecule has 3 nitrogen and oxygen atoms in total. The standard InChI is InChI=1S/C15H22N2O/c1-4-18-11-15(12(2)3)17-10-14-7-5-6-13(8-14)9-16/h5-8,12,15,17H,4,10-11H2,1-3H3. The van der Waals surface area contributed by atoms with Gasteiger partial charge in [-0.15, -0.1) is 0 Å². The maximum absolute atomic E-state index is 8.85. The van der Waals surface area contributed by atoms with Gasteiger partial charge in [-0.3, -0.25) is 0 Å². The van der Waals surface area contributed by atoms with Crippen LogP contribution in [0.5, 0.6) is 0 Å². The fraction of sp³-hybridized carbons (Fsp3) is 0.533. The van der Waals surface area contributed by atoms with Crippen LogP contribution in [0.1, 0.15) is 31.9 Å². The molecule has 0 aliphatic rings. The zero-order chi connectivity index (χ0) is 13.4. The van der Waals surface area contributed by atoms with E-state index in [0.717, 1.165) is 25.3 Å². The molecule has 0 amide bonds. The SMILES string of the molecule is CCOCC(NCc1cccc(C#N)c1)C(C)C. The van der Waals surface area contributed by atoms with Gasteiger partial charge in [0.2, 0.25) is 0 Å². The van der Waals surface area contributed by atoms with Gasteiger partial charge in [0.1, 0.15) is 0 Å². The summed E-state index contributed by atoms with van der Waals surface area (Å²) >= 11 is 0. The minimum atomic E-state index is 0.343. The molecule has 98 valence electrons. The second-order valence-electron chi connectivity index (χ2n) is 4.70. The summed E-state index contributed by atoms with van der Waals surface area (Å²) in [5.41, 5.74) is 1.84. The van der Waals surface area contributed by atoms with Crippen LogP contribution in [0.25, 0.3) is 0 Å². The fourth-order valence-corrected chi connectivity index (χ4v) is 1.73. The summed E-state index contributed by atoms with van der Waals surface area (Å²) < 4.78 is 5.48. The van der Waals surface area contributed by atoms with E-state index in [9.17, 15) is 0 Å². The Labute approximate surface area is 110 Å². The van der Waals surface area contributed by atoms with Crippen molar-refractivity contribution in [1.82, 2.24) is 5.32 Å². The van der Waals surface area contributed by atoms with Gasteiger partial charge in [0.15, 0.2) is 0 Å². The summed E-state index contributed by atoms with van der Waals surface area (Å²) in [6, 6.07) is 10.2. The van der Waals surface area contributed by atoms with Gasteiger partial charge in [-0.05, 0) is 30.5 Å². The monoisotopic (exact) mass is 246 g/mol. The van der Waals surface area contributed by atoms with E-state index in [0.29, 0.717) is 17.5 Å². The van der Waals surface area contributed by atoms with Gasteiger partial charge in [0.25, 0.3) is 0 Å². The first-order chi connectivity index (χ1) is 8.67. The van der Waals surface area contributed by atoms with E-state index in [-0.39, 0.29) is 0 Å². The van der Waals surface area contributed by atoms with Crippen molar-refractivity contribution in [3.63, 3.8) is 0 Å². The molecule has 0 heterocycles. The molecule has 0 radical (unpaired) electrons. The maximum Gasteiger partial charge on any atom is 0.0991 e. The van der Waals surface area contributed by atoms with Crippen LogP contribution in [0.3, 0.4) is 0 Å². The lowest BCUT2D eigenvalue weighted by molar-refractivity contribution is 0.108. The molecule has 0 bridgehead atoms. The molecule has 0 fully saturated rings. The molecule has 0 saturated carbocycles. The first-order valence-electron chi connectivity index (χ1n) is 6.47. The quantitative estimate of drug-likeness (QED) is 0.804. The summed E-state index contributed by atoms with van der Waals surface area (Å²) in [5, 5.41) is 12.3. The van der Waals surface area contributed by atoms with Crippen molar-refractivity contribution in [2.45, 2.75) is 33.4 Å². The lowest BCUT2D eigenvalue weighted by Gasteiger charge is -2.22. The number of nitrogens with one attached hydrogen (secondary N) is 1. The Morgan fingerprint density at radius 2 is 2.17 bits per heavy atom. The Morgan fingerprint density at radius 1 is 1.39 bits per heavy atom. The van der Waals surface area contributed by atoms with E-state index in [1.807, 2.05) is 31.2 Å². The van der Waals surface area contributed by atoms with E-state index in [1.165, 1.54) is 0 Å². The number of ether oxygens (including phenoxy) is 1. The average Bonchev–Trinajstić information content (AvgIpc) is 2.38. The molecule has 18 heavy (non-hydrogen) atoms. The Kier molecular flexibility index (Phi) is 6.42. The van der Waals surface area contributed by atoms with E-state index in [4.69, 9.17) is 10.00 Å². The molecule has 0 spiro atoms. The summed E-state index contributed by atoms with van der Waals surface area (Å²) in [6.07, 6.45) is 0. The summed E-state index contributed by atoms with van der Waals surface area (Å²) in [6.45, 7) is 8.62. The highest BCUT2D eigenvalue weighted by Crippen LogP contribution is 2.07. The van der Waals surface area contributed by atoms with Crippen LogP contribution in [0, 0.1) is 17.2 Å². The molecule has 1 atom stereocenters. The summed E-state index contributed by atoms with van der Waals surface area (Å²) in [7, 11) is 0. The topological polar surface area (TPSA) is 45.0 Å². The lowest BCUT2D eigenvalue weighted by Crippen LogP contribution is -2.37. The normalized spacial score (nSPS) is 12.4. The van der Waals surface area contributed by atoms with Gasteiger partial charge in [0, 0.05) is 19.2 Å². The number of rotatable bonds is 7. The van der Waals surface area contributed by atoms with E-state index < -0.39 is 0 Å². The van der Waals surface area contributed by atoms with Gasteiger partial charge in [-0.2, -0.15) is 5.26 Å². The van der Waals surface area contributed by atoms with E-state index >= 15 is 0 Å². The van der Waals surface area contributed by atoms with Crippen LogP contribution in [-0.4, -0.2) is 19.3 Å². The van der Waals surface area contributed by atoms with Crippen molar-refractivity contribution in [3.05, 3.63) is 35.4 Å². The number of hydrogen-bond donors (Lipinski definition) is 1. The summed E-state index contributed by atoms with van der Waals surface area (Å²) in [5.74, 6) is 0.524. The molecule has 0 saturated heterocycles. The highest BCUT2D eigenvalue weighted by atomic mass is 16.5. The minimum Gasteiger partial charge on any atom is -0.380 e. The first-order valence-corrected chi connectivity index (χ1v) is 6.47. The molecule has 1 aromatic rings. The predicted molar refractivity (Wildman–Crippen MR) is 73.1 cm³/mol. The fourth-order valence-electron chi connectivity index (χ4n) is 1.73. The highest BCUT2D eigenvalue weighted by Gasteiger charge is 2.12. The predicted octanol–water partition coefficient (Wildman–Crippen LogP) is 2.71. The number of hydrogen-bond acceptors (Lipinski definition) is 3. The lowest BCUT2D eigenvalue weighted by atomic mass is 10.0. The van der Waals surface area contributed by atoms with Crippen molar-refractivity contribution in [2.24, 2.45) is 5.92 Å². The van der Waals surface area contributed by atoms with Gasteiger partial charge in [0.05, 0.1) is 18.2 Å². The Bertz CT molecular complexity index is 396. The van der Waals surface area contributed by atoms with Crippen LogP contribution in [-0.2, 0) is 11.3 Å². The Hall–Kier alpha value is -1.37. The maximum atomic E-state index is 8.85. The average molecular weight is 246 g/mol. The molecule has 0 aliphatic heterocycles. The van der Waals surface area contributed by atoms with E-state index in [2.05, 4.69) is 25.2 Å². The van der Waals surface area contributed by atoms with Crippen molar-refractivity contribution in [2.75, 3.05) is 13.2 Å². The zero-order valence-corrected chi connectivity index (χ0v) is 11.4. The molecular weight excluding hydrogens is 224 g/mol. The number of nitriles is 1. The van der Waals surface area contributed by atoms with Crippen LogP contribution in [0.15, 0.2) is 24.3 Å². The Balaban J connectivity index is 2.53. The number of nitrogens with zero attached hydrogens (tertiary/aromatic N) is 1. The third-order valence-corrected chi connectivity index (χ3v) is 2.93. The molecule has 1 aromatic carbocycles. The third kappa shape index (κ3) is 4.87. The second kappa shape index (κ2) is 7.86. The largest absolute Gasteiger partial charge is 0.380 e.